The number of hydrogen-bond acceptors (Lipinski definition) is 5. The number of rotatable bonds is 5. The number of H-pyrrole nitrogens is 1. The summed E-state index contributed by atoms with van der Waals surface area (Å²) in [6.07, 6.45) is -3.76. The third-order valence-corrected chi connectivity index (χ3v) is 4.55. The second-order valence-corrected chi connectivity index (χ2v) is 7.79. The summed E-state index contributed by atoms with van der Waals surface area (Å²) in [4.78, 5) is 29.5. The number of nitrogens with one attached hydrogen (secondary N) is 1. The molecule has 1 unspecified atom stereocenters. The topological polar surface area (TPSA) is 97.0 Å². The van der Waals surface area contributed by atoms with E-state index in [4.69, 9.17) is 0 Å². The second-order valence-electron chi connectivity index (χ2n) is 5.86. The molecule has 0 radical (unpaired) electrons. The van der Waals surface area contributed by atoms with Gasteiger partial charge in [0.05, 0.1) is 5.56 Å². The van der Waals surface area contributed by atoms with Crippen LogP contribution in [0.1, 0.15) is 40.9 Å². The fourth-order valence-corrected chi connectivity index (χ4v) is 2.81. The zero-order valence-electron chi connectivity index (χ0n) is 13.8. The highest BCUT2D eigenvalue weighted by atomic mass is 32.2. The number of aromatic nitrogens is 2. The Morgan fingerprint density at radius 1 is 1.23 bits per heavy atom. The van der Waals surface area contributed by atoms with Gasteiger partial charge in [0, 0.05) is 18.7 Å². The molecule has 1 aromatic carbocycles. The molecule has 0 amide bonds. The van der Waals surface area contributed by atoms with Crippen LogP contribution in [-0.4, -0.2) is 30.4 Å². The first kappa shape index (κ1) is 19.8. The first-order valence-corrected chi connectivity index (χ1v) is 9.29. The van der Waals surface area contributed by atoms with Crippen LogP contribution in [0.5, 0.6) is 0 Å². The molecule has 1 aromatic heterocycles. The van der Waals surface area contributed by atoms with E-state index < -0.39 is 44.0 Å². The Bertz CT molecular complexity index is 980. The van der Waals surface area contributed by atoms with Gasteiger partial charge in [0.15, 0.2) is 5.78 Å². The van der Waals surface area contributed by atoms with E-state index in [0.29, 0.717) is 5.56 Å². The quantitative estimate of drug-likeness (QED) is 0.627. The van der Waals surface area contributed by atoms with Crippen LogP contribution in [0.15, 0.2) is 40.3 Å². The van der Waals surface area contributed by atoms with Crippen LogP contribution in [0.3, 0.4) is 0 Å². The maximum Gasteiger partial charge on any atom is 0.416 e. The lowest BCUT2D eigenvalue weighted by atomic mass is 9.94. The van der Waals surface area contributed by atoms with Crippen molar-refractivity contribution in [1.29, 1.82) is 0 Å². The summed E-state index contributed by atoms with van der Waals surface area (Å²) in [6.45, 7) is 1.63. The second kappa shape index (κ2) is 7.02. The number of Topliss-reactive ketones (excluding diaryl/α,β-unsaturated/α-hetero) is 1. The number of carbonyl (C=O) groups is 1. The fourth-order valence-electron chi connectivity index (χ4n) is 2.25. The van der Waals surface area contributed by atoms with Gasteiger partial charge in [-0.3, -0.25) is 14.6 Å². The SMILES string of the molecule is CC(CC(=O)c1cc(=O)[nH]c(S(C)(=O)=O)n1)c1ccc(C(F)(F)F)cc1. The summed E-state index contributed by atoms with van der Waals surface area (Å²) in [7, 11) is -3.81. The molecule has 0 aliphatic rings. The maximum atomic E-state index is 12.6. The number of alkyl halides is 3. The summed E-state index contributed by atoms with van der Waals surface area (Å²) >= 11 is 0. The Morgan fingerprint density at radius 3 is 2.31 bits per heavy atom. The van der Waals surface area contributed by atoms with E-state index in [9.17, 15) is 31.2 Å². The molecule has 1 heterocycles. The molecule has 1 N–H and O–H groups in total. The molecule has 0 saturated carbocycles. The van der Waals surface area contributed by atoms with Gasteiger partial charge in [0.2, 0.25) is 15.0 Å². The van der Waals surface area contributed by atoms with Crippen LogP contribution in [0.25, 0.3) is 0 Å². The van der Waals surface area contributed by atoms with Crippen LogP contribution < -0.4 is 5.56 Å². The van der Waals surface area contributed by atoms with Gasteiger partial charge < -0.3 is 0 Å². The summed E-state index contributed by atoms with van der Waals surface area (Å²) in [5, 5.41) is -0.615. The van der Waals surface area contributed by atoms with Gasteiger partial charge in [-0.15, -0.1) is 0 Å². The predicted molar refractivity (Wildman–Crippen MR) is 86.8 cm³/mol. The van der Waals surface area contributed by atoms with Crippen LogP contribution in [0.4, 0.5) is 13.2 Å². The van der Waals surface area contributed by atoms with Crippen molar-refractivity contribution >= 4 is 15.6 Å². The molecule has 0 bridgehead atoms. The van der Waals surface area contributed by atoms with Gasteiger partial charge in [-0.1, -0.05) is 19.1 Å². The summed E-state index contributed by atoms with van der Waals surface area (Å²) in [5.41, 5.74) is -1.40. The average molecular weight is 388 g/mol. The van der Waals surface area contributed by atoms with Crippen molar-refractivity contribution in [2.45, 2.75) is 30.6 Å². The Morgan fingerprint density at radius 2 is 1.81 bits per heavy atom. The Kier molecular flexibility index (Phi) is 5.36. The molecule has 0 aliphatic heterocycles. The summed E-state index contributed by atoms with van der Waals surface area (Å²) in [5.74, 6) is -1.04. The van der Waals surface area contributed by atoms with Crippen molar-refractivity contribution in [3.63, 3.8) is 0 Å². The lowest BCUT2D eigenvalue weighted by molar-refractivity contribution is -0.137. The number of ketones is 1. The highest BCUT2D eigenvalue weighted by Gasteiger charge is 2.30. The first-order valence-electron chi connectivity index (χ1n) is 7.39. The molecule has 140 valence electrons. The van der Waals surface area contributed by atoms with E-state index in [2.05, 4.69) is 4.98 Å². The molecule has 2 rings (SSSR count). The van der Waals surface area contributed by atoms with Crippen molar-refractivity contribution in [2.75, 3.05) is 6.26 Å². The van der Waals surface area contributed by atoms with Crippen molar-refractivity contribution < 1.29 is 26.4 Å². The lowest BCUT2D eigenvalue weighted by Gasteiger charge is -2.13. The maximum absolute atomic E-state index is 12.6. The number of nitrogens with zero attached hydrogens (tertiary/aromatic N) is 1. The van der Waals surface area contributed by atoms with Crippen LogP contribution in [0.2, 0.25) is 0 Å². The number of hydrogen-bond donors (Lipinski definition) is 1. The van der Waals surface area contributed by atoms with E-state index in [-0.39, 0.29) is 12.1 Å². The molecule has 10 heteroatoms. The molecular formula is C16H15F3N2O4S. The van der Waals surface area contributed by atoms with Gasteiger partial charge in [0.1, 0.15) is 5.69 Å². The van der Waals surface area contributed by atoms with Gasteiger partial charge in [-0.25, -0.2) is 13.4 Å². The molecule has 0 spiro atoms. The lowest BCUT2D eigenvalue weighted by Crippen LogP contribution is -2.19. The normalized spacial score (nSPS) is 13.4. The smallest absolute Gasteiger partial charge is 0.297 e. The molecule has 0 saturated heterocycles. The first-order chi connectivity index (χ1) is 11.9. The minimum atomic E-state index is -4.45. The van der Waals surface area contributed by atoms with Crippen molar-refractivity contribution in [3.8, 4) is 0 Å². The van der Waals surface area contributed by atoms with E-state index >= 15 is 0 Å². The van der Waals surface area contributed by atoms with Gasteiger partial charge in [-0.05, 0) is 23.6 Å². The summed E-state index contributed by atoms with van der Waals surface area (Å²) in [6, 6.07) is 5.27. The van der Waals surface area contributed by atoms with Crippen molar-refractivity contribution in [1.82, 2.24) is 9.97 Å². The fraction of sp³-hybridized carbons (Fsp3) is 0.312. The van der Waals surface area contributed by atoms with Crippen LogP contribution >= 0.6 is 0 Å². The number of aromatic amines is 1. The third kappa shape index (κ3) is 4.78. The van der Waals surface area contributed by atoms with Crippen molar-refractivity contribution in [2.24, 2.45) is 0 Å². The summed E-state index contributed by atoms with van der Waals surface area (Å²) < 4.78 is 60.7. The molecule has 1 atom stereocenters. The van der Waals surface area contributed by atoms with Gasteiger partial charge in [-0.2, -0.15) is 13.2 Å². The number of carbonyl (C=O) groups excluding carboxylic acids is 1. The Hall–Kier alpha value is -2.49. The van der Waals surface area contributed by atoms with E-state index in [1.54, 1.807) is 6.92 Å². The van der Waals surface area contributed by atoms with Gasteiger partial charge in [0.25, 0.3) is 5.56 Å². The van der Waals surface area contributed by atoms with E-state index in [1.165, 1.54) is 12.1 Å². The Balaban J connectivity index is 2.22. The minimum absolute atomic E-state index is 0.148. The predicted octanol–water partition coefficient (Wildman–Crippen LogP) is 2.57. The Labute approximate surface area is 147 Å². The highest BCUT2D eigenvalue weighted by Crippen LogP contribution is 2.30. The molecule has 0 fully saturated rings. The molecule has 6 nitrogen and oxygen atoms in total. The molecule has 0 aliphatic carbocycles. The highest BCUT2D eigenvalue weighted by molar-refractivity contribution is 7.90. The van der Waals surface area contributed by atoms with E-state index in [1.807, 2.05) is 4.98 Å². The molecular weight excluding hydrogens is 373 g/mol. The number of sulfone groups is 1. The van der Waals surface area contributed by atoms with Crippen LogP contribution in [0, 0.1) is 0 Å². The molecule has 26 heavy (non-hydrogen) atoms. The largest absolute Gasteiger partial charge is 0.416 e. The minimum Gasteiger partial charge on any atom is -0.297 e. The standard InChI is InChI=1S/C16H15F3N2O4S/c1-9(10-3-5-11(6-4-10)16(17,18)19)7-13(22)12-8-14(23)21-15(20-12)26(2,24)25/h3-6,8-9H,7H2,1-2H3,(H,20,21,23). The third-order valence-electron chi connectivity index (χ3n) is 3.66. The van der Waals surface area contributed by atoms with E-state index in [0.717, 1.165) is 24.5 Å². The number of halogens is 3. The van der Waals surface area contributed by atoms with Crippen LogP contribution in [-0.2, 0) is 16.0 Å². The zero-order valence-corrected chi connectivity index (χ0v) is 14.6. The monoisotopic (exact) mass is 388 g/mol. The zero-order chi connectivity index (χ0) is 19.7. The average Bonchev–Trinajstić information content (AvgIpc) is 2.52. The van der Waals surface area contributed by atoms with Crippen molar-refractivity contribution in [3.05, 3.63) is 57.5 Å². The van der Waals surface area contributed by atoms with Gasteiger partial charge >= 0.3 is 6.18 Å². The number of benzene rings is 1. The molecule has 2 aromatic rings.